The van der Waals surface area contributed by atoms with Crippen LogP contribution in [0.1, 0.15) is 37.3 Å². The van der Waals surface area contributed by atoms with E-state index in [-0.39, 0.29) is 0 Å². The zero-order valence-corrected chi connectivity index (χ0v) is 11.4. The summed E-state index contributed by atoms with van der Waals surface area (Å²) in [5.74, 6) is 0.542. The van der Waals surface area contributed by atoms with Crippen molar-refractivity contribution in [1.82, 2.24) is 14.8 Å². The number of methoxy groups -OCH3 is 1. The molecular weight excluding hydrogens is 242 g/mol. The Balaban J connectivity index is 2.04. The van der Waals surface area contributed by atoms with Crippen molar-refractivity contribution >= 4 is 0 Å². The van der Waals surface area contributed by atoms with Crippen LogP contribution >= 0.6 is 0 Å². The largest absolute Gasteiger partial charge is 0.481 e. The maximum Gasteiger partial charge on any atom is 0.212 e. The van der Waals surface area contributed by atoms with E-state index in [1.165, 1.54) is 0 Å². The van der Waals surface area contributed by atoms with Crippen molar-refractivity contribution in [2.75, 3.05) is 7.11 Å². The van der Waals surface area contributed by atoms with Crippen molar-refractivity contribution in [1.29, 1.82) is 0 Å². The number of hydrogen-bond donors (Lipinski definition) is 1. The van der Waals surface area contributed by atoms with Gasteiger partial charge in [-0.1, -0.05) is 0 Å². The van der Waals surface area contributed by atoms with Gasteiger partial charge in [0, 0.05) is 30.9 Å². The lowest BCUT2D eigenvalue weighted by Gasteiger charge is -2.09. The average Bonchev–Trinajstić information content (AvgIpc) is 2.87. The molecule has 2 aromatic rings. The number of nitrogens with zero attached hydrogens (tertiary/aromatic N) is 3. The molecule has 2 heterocycles. The summed E-state index contributed by atoms with van der Waals surface area (Å²) in [5.41, 5.74) is 1.64. The Morgan fingerprint density at radius 3 is 2.63 bits per heavy atom. The first-order valence-electron chi connectivity index (χ1n) is 6.32. The van der Waals surface area contributed by atoms with Crippen LogP contribution in [-0.2, 0) is 6.42 Å². The van der Waals surface area contributed by atoms with Crippen LogP contribution in [0.2, 0.25) is 0 Å². The molecular formula is C14H19N3O2. The van der Waals surface area contributed by atoms with Crippen molar-refractivity contribution in [3.05, 3.63) is 41.9 Å². The zero-order chi connectivity index (χ0) is 13.8. The summed E-state index contributed by atoms with van der Waals surface area (Å²) in [4.78, 5) is 4.09. The normalized spacial score (nSPS) is 12.7. The molecule has 0 aromatic carbocycles. The van der Waals surface area contributed by atoms with Crippen molar-refractivity contribution < 1.29 is 9.84 Å². The number of aliphatic hydroxyl groups is 1. The molecule has 0 bridgehead atoms. The molecule has 0 spiro atoms. The van der Waals surface area contributed by atoms with Crippen LogP contribution in [0.3, 0.4) is 0 Å². The number of aliphatic hydroxyl groups excluding tert-OH is 1. The minimum Gasteiger partial charge on any atom is -0.481 e. The highest BCUT2D eigenvalue weighted by Gasteiger charge is 2.12. The lowest BCUT2D eigenvalue weighted by Crippen LogP contribution is -2.06. The fraction of sp³-hybridized carbons (Fsp3) is 0.429. The molecule has 5 heteroatoms. The SMILES string of the molecule is COc1ccc(C(O)Cc2ccn(C(C)C)n2)cn1. The zero-order valence-electron chi connectivity index (χ0n) is 11.4. The summed E-state index contributed by atoms with van der Waals surface area (Å²) >= 11 is 0. The van der Waals surface area contributed by atoms with E-state index in [2.05, 4.69) is 23.9 Å². The van der Waals surface area contributed by atoms with Gasteiger partial charge in [-0.2, -0.15) is 5.10 Å². The van der Waals surface area contributed by atoms with Gasteiger partial charge in [-0.05, 0) is 31.5 Å². The van der Waals surface area contributed by atoms with E-state index in [4.69, 9.17) is 4.74 Å². The van der Waals surface area contributed by atoms with E-state index >= 15 is 0 Å². The highest BCUT2D eigenvalue weighted by atomic mass is 16.5. The summed E-state index contributed by atoms with van der Waals surface area (Å²) in [5, 5.41) is 14.6. The third-order valence-electron chi connectivity index (χ3n) is 2.95. The summed E-state index contributed by atoms with van der Waals surface area (Å²) in [6.07, 6.45) is 3.43. The molecule has 0 aliphatic rings. The number of ether oxygens (including phenoxy) is 1. The predicted octanol–water partition coefficient (Wildman–Crippen LogP) is 2.14. The average molecular weight is 261 g/mol. The van der Waals surface area contributed by atoms with Crippen molar-refractivity contribution in [2.45, 2.75) is 32.4 Å². The number of hydrogen-bond acceptors (Lipinski definition) is 4. The third kappa shape index (κ3) is 3.32. The van der Waals surface area contributed by atoms with Gasteiger partial charge in [0.1, 0.15) is 0 Å². The summed E-state index contributed by atoms with van der Waals surface area (Å²) in [7, 11) is 1.57. The van der Waals surface area contributed by atoms with Gasteiger partial charge in [-0.25, -0.2) is 4.98 Å². The molecule has 0 saturated carbocycles. The van der Waals surface area contributed by atoms with E-state index in [0.29, 0.717) is 18.3 Å². The minimum absolute atomic E-state index is 0.327. The number of aromatic nitrogens is 3. The van der Waals surface area contributed by atoms with Crippen LogP contribution in [0.25, 0.3) is 0 Å². The second-order valence-electron chi connectivity index (χ2n) is 4.73. The van der Waals surface area contributed by atoms with Crippen LogP contribution in [0.15, 0.2) is 30.6 Å². The molecule has 1 unspecified atom stereocenters. The van der Waals surface area contributed by atoms with E-state index in [9.17, 15) is 5.11 Å². The Labute approximate surface area is 112 Å². The predicted molar refractivity (Wildman–Crippen MR) is 72.1 cm³/mol. The van der Waals surface area contributed by atoms with Crippen LogP contribution < -0.4 is 4.74 Å². The van der Waals surface area contributed by atoms with E-state index < -0.39 is 6.10 Å². The van der Waals surface area contributed by atoms with Gasteiger partial charge in [-0.15, -0.1) is 0 Å². The molecule has 19 heavy (non-hydrogen) atoms. The fourth-order valence-corrected chi connectivity index (χ4v) is 1.80. The molecule has 0 aliphatic heterocycles. The van der Waals surface area contributed by atoms with Gasteiger partial charge in [-0.3, -0.25) is 4.68 Å². The highest BCUT2D eigenvalue weighted by Crippen LogP contribution is 2.19. The van der Waals surface area contributed by atoms with Crippen molar-refractivity contribution in [3.8, 4) is 5.88 Å². The molecule has 2 rings (SSSR count). The Bertz CT molecular complexity index is 520. The topological polar surface area (TPSA) is 60.2 Å². The highest BCUT2D eigenvalue weighted by molar-refractivity contribution is 5.21. The first kappa shape index (κ1) is 13.5. The van der Waals surface area contributed by atoms with Gasteiger partial charge in [0.15, 0.2) is 0 Å². The van der Waals surface area contributed by atoms with E-state index in [1.807, 2.05) is 23.0 Å². The minimum atomic E-state index is -0.603. The maximum atomic E-state index is 10.2. The molecule has 5 nitrogen and oxygen atoms in total. The quantitative estimate of drug-likeness (QED) is 0.895. The standard InChI is InChI=1S/C14H19N3O2/c1-10(2)17-7-6-12(16-17)8-13(18)11-4-5-14(19-3)15-9-11/h4-7,9-10,13,18H,8H2,1-3H3. The Morgan fingerprint density at radius 2 is 2.11 bits per heavy atom. The van der Waals surface area contributed by atoms with Crippen LogP contribution in [-0.4, -0.2) is 27.0 Å². The molecule has 0 fully saturated rings. The van der Waals surface area contributed by atoms with Gasteiger partial charge in [0.25, 0.3) is 0 Å². The molecule has 0 radical (unpaired) electrons. The summed E-state index contributed by atoms with van der Waals surface area (Å²) in [6, 6.07) is 5.81. The molecule has 0 saturated heterocycles. The van der Waals surface area contributed by atoms with E-state index in [0.717, 1.165) is 11.3 Å². The van der Waals surface area contributed by atoms with E-state index in [1.54, 1.807) is 19.4 Å². The Kier molecular flexibility index (Phi) is 4.16. The molecule has 1 atom stereocenters. The van der Waals surface area contributed by atoms with Crippen molar-refractivity contribution in [3.63, 3.8) is 0 Å². The van der Waals surface area contributed by atoms with Crippen LogP contribution in [0.4, 0.5) is 0 Å². The van der Waals surface area contributed by atoms with Gasteiger partial charge >= 0.3 is 0 Å². The molecule has 1 N–H and O–H groups in total. The molecule has 0 aliphatic carbocycles. The molecule has 0 amide bonds. The van der Waals surface area contributed by atoms with Crippen molar-refractivity contribution in [2.24, 2.45) is 0 Å². The maximum absolute atomic E-state index is 10.2. The van der Waals surface area contributed by atoms with Crippen LogP contribution in [0, 0.1) is 0 Å². The summed E-state index contributed by atoms with van der Waals surface area (Å²) < 4.78 is 6.87. The first-order valence-corrected chi connectivity index (χ1v) is 6.32. The summed E-state index contributed by atoms with van der Waals surface area (Å²) in [6.45, 7) is 4.14. The number of rotatable bonds is 5. The van der Waals surface area contributed by atoms with Gasteiger partial charge < -0.3 is 9.84 Å². The lowest BCUT2D eigenvalue weighted by molar-refractivity contribution is 0.176. The second-order valence-corrected chi connectivity index (χ2v) is 4.73. The Hall–Kier alpha value is -1.88. The monoisotopic (exact) mass is 261 g/mol. The smallest absolute Gasteiger partial charge is 0.212 e. The Morgan fingerprint density at radius 1 is 1.32 bits per heavy atom. The van der Waals surface area contributed by atoms with Crippen LogP contribution in [0.5, 0.6) is 5.88 Å². The second kappa shape index (κ2) is 5.84. The number of pyridine rings is 1. The fourth-order valence-electron chi connectivity index (χ4n) is 1.80. The lowest BCUT2D eigenvalue weighted by atomic mass is 10.1. The first-order chi connectivity index (χ1) is 9.10. The molecule has 2 aromatic heterocycles. The van der Waals surface area contributed by atoms with Gasteiger partial charge in [0.2, 0.25) is 5.88 Å². The third-order valence-corrected chi connectivity index (χ3v) is 2.95. The molecule has 102 valence electrons. The van der Waals surface area contributed by atoms with Gasteiger partial charge in [0.05, 0.1) is 18.9 Å².